The van der Waals surface area contributed by atoms with Gasteiger partial charge in [-0.3, -0.25) is 4.79 Å². The topological polar surface area (TPSA) is 49.3 Å². The van der Waals surface area contributed by atoms with E-state index >= 15 is 0 Å². The van der Waals surface area contributed by atoms with Crippen LogP contribution in [0.4, 0.5) is 0 Å². The molecular weight excluding hydrogens is 226 g/mol. The SMILES string of the molecule is CC(O)CC(C)(C)CNC(=O)C1CCCCCC1. The molecule has 0 spiro atoms. The molecule has 2 N–H and O–H groups in total. The maximum absolute atomic E-state index is 12.1. The summed E-state index contributed by atoms with van der Waals surface area (Å²) in [5, 5.41) is 12.5. The van der Waals surface area contributed by atoms with E-state index in [-0.39, 0.29) is 23.3 Å². The second-order valence-electron chi connectivity index (χ2n) is 6.62. The van der Waals surface area contributed by atoms with Crippen LogP contribution in [0.3, 0.4) is 0 Å². The van der Waals surface area contributed by atoms with Crippen LogP contribution >= 0.6 is 0 Å². The molecule has 0 aromatic heterocycles. The fraction of sp³-hybridized carbons (Fsp3) is 0.933. The first-order chi connectivity index (χ1) is 8.41. The van der Waals surface area contributed by atoms with E-state index in [4.69, 9.17) is 0 Å². The number of carbonyl (C=O) groups is 1. The Hall–Kier alpha value is -0.570. The summed E-state index contributed by atoms with van der Waals surface area (Å²) in [4.78, 5) is 12.1. The molecule has 106 valence electrons. The van der Waals surface area contributed by atoms with Crippen molar-refractivity contribution < 1.29 is 9.90 Å². The molecule has 1 rings (SSSR count). The van der Waals surface area contributed by atoms with Crippen LogP contribution in [-0.4, -0.2) is 23.7 Å². The van der Waals surface area contributed by atoms with Crippen molar-refractivity contribution in [3.05, 3.63) is 0 Å². The number of aliphatic hydroxyl groups excluding tert-OH is 1. The Morgan fingerprint density at radius 2 is 1.83 bits per heavy atom. The highest BCUT2D eigenvalue weighted by molar-refractivity contribution is 5.78. The minimum absolute atomic E-state index is 0.0332. The molecule has 1 aliphatic rings. The number of amides is 1. The summed E-state index contributed by atoms with van der Waals surface area (Å²) in [6, 6.07) is 0. The summed E-state index contributed by atoms with van der Waals surface area (Å²) in [6.45, 7) is 6.64. The van der Waals surface area contributed by atoms with Gasteiger partial charge in [-0.25, -0.2) is 0 Å². The third-order valence-corrected chi connectivity index (χ3v) is 3.82. The zero-order valence-corrected chi connectivity index (χ0v) is 12.2. The Balaban J connectivity index is 2.35. The Bertz CT molecular complexity index is 253. The van der Waals surface area contributed by atoms with Gasteiger partial charge in [0, 0.05) is 12.5 Å². The molecule has 1 unspecified atom stereocenters. The molecule has 0 aromatic carbocycles. The van der Waals surface area contributed by atoms with Gasteiger partial charge in [0.05, 0.1) is 6.10 Å². The molecule has 0 bridgehead atoms. The second-order valence-corrected chi connectivity index (χ2v) is 6.62. The highest BCUT2D eigenvalue weighted by Crippen LogP contribution is 2.24. The first-order valence-electron chi connectivity index (χ1n) is 7.36. The smallest absolute Gasteiger partial charge is 0.223 e. The molecule has 1 atom stereocenters. The van der Waals surface area contributed by atoms with Crippen LogP contribution in [0.15, 0.2) is 0 Å². The molecule has 3 heteroatoms. The molecule has 18 heavy (non-hydrogen) atoms. The third-order valence-electron chi connectivity index (χ3n) is 3.82. The fourth-order valence-electron chi connectivity index (χ4n) is 2.88. The highest BCUT2D eigenvalue weighted by atomic mass is 16.3. The lowest BCUT2D eigenvalue weighted by atomic mass is 9.86. The molecular formula is C15H29NO2. The van der Waals surface area contributed by atoms with E-state index in [1.54, 1.807) is 6.92 Å². The van der Waals surface area contributed by atoms with E-state index < -0.39 is 0 Å². The van der Waals surface area contributed by atoms with Gasteiger partial charge in [0.2, 0.25) is 5.91 Å². The van der Waals surface area contributed by atoms with Gasteiger partial charge >= 0.3 is 0 Å². The van der Waals surface area contributed by atoms with Crippen LogP contribution in [0.2, 0.25) is 0 Å². The number of rotatable bonds is 5. The van der Waals surface area contributed by atoms with Crippen LogP contribution in [0, 0.1) is 11.3 Å². The van der Waals surface area contributed by atoms with Gasteiger partial charge in [0.25, 0.3) is 0 Å². The lowest BCUT2D eigenvalue weighted by molar-refractivity contribution is -0.125. The number of hydrogen-bond donors (Lipinski definition) is 2. The van der Waals surface area contributed by atoms with Gasteiger partial charge < -0.3 is 10.4 Å². The zero-order valence-electron chi connectivity index (χ0n) is 12.2. The Kier molecular flexibility index (Phi) is 6.13. The molecule has 1 fully saturated rings. The molecule has 1 amide bonds. The van der Waals surface area contributed by atoms with Gasteiger partial charge in [0.15, 0.2) is 0 Å². The minimum atomic E-state index is -0.310. The number of hydrogen-bond acceptors (Lipinski definition) is 2. The average Bonchev–Trinajstić information content (AvgIpc) is 2.52. The van der Waals surface area contributed by atoms with Crippen LogP contribution in [0.1, 0.15) is 65.7 Å². The fourth-order valence-corrected chi connectivity index (χ4v) is 2.88. The van der Waals surface area contributed by atoms with Gasteiger partial charge in [-0.1, -0.05) is 39.5 Å². The number of aliphatic hydroxyl groups is 1. The van der Waals surface area contributed by atoms with Crippen molar-refractivity contribution in [3.8, 4) is 0 Å². The summed E-state index contributed by atoms with van der Waals surface area (Å²) >= 11 is 0. The summed E-state index contributed by atoms with van der Waals surface area (Å²) < 4.78 is 0. The maximum atomic E-state index is 12.1. The minimum Gasteiger partial charge on any atom is -0.393 e. The standard InChI is InChI=1S/C15H29NO2/c1-12(17)10-15(2,3)11-16-14(18)13-8-6-4-5-7-9-13/h12-13,17H,4-11H2,1-3H3,(H,16,18). The average molecular weight is 255 g/mol. The van der Waals surface area contributed by atoms with Crippen LogP contribution in [0.25, 0.3) is 0 Å². The van der Waals surface area contributed by atoms with Crippen LogP contribution in [0.5, 0.6) is 0 Å². The Morgan fingerprint density at radius 3 is 2.33 bits per heavy atom. The first-order valence-corrected chi connectivity index (χ1v) is 7.36. The monoisotopic (exact) mass is 255 g/mol. The van der Waals surface area contributed by atoms with Crippen molar-refractivity contribution in [1.29, 1.82) is 0 Å². The van der Waals surface area contributed by atoms with E-state index in [9.17, 15) is 9.90 Å². The second kappa shape index (κ2) is 7.13. The molecule has 0 aliphatic heterocycles. The summed E-state index contributed by atoms with van der Waals surface area (Å²) in [5.74, 6) is 0.436. The predicted octanol–water partition coefficient (Wildman–Crippen LogP) is 2.87. The van der Waals surface area contributed by atoms with Crippen LogP contribution < -0.4 is 5.32 Å². The molecule has 0 radical (unpaired) electrons. The predicted molar refractivity (Wildman–Crippen MR) is 74.3 cm³/mol. The van der Waals surface area contributed by atoms with E-state index in [2.05, 4.69) is 19.2 Å². The van der Waals surface area contributed by atoms with Crippen molar-refractivity contribution in [2.24, 2.45) is 11.3 Å². The van der Waals surface area contributed by atoms with Crippen molar-refractivity contribution in [3.63, 3.8) is 0 Å². The summed E-state index contributed by atoms with van der Waals surface area (Å²) in [5.41, 5.74) is -0.0332. The molecule has 0 aromatic rings. The Morgan fingerprint density at radius 1 is 1.28 bits per heavy atom. The molecule has 0 heterocycles. The number of carbonyl (C=O) groups excluding carboxylic acids is 1. The van der Waals surface area contributed by atoms with Gasteiger partial charge in [-0.2, -0.15) is 0 Å². The zero-order chi connectivity index (χ0) is 13.6. The van der Waals surface area contributed by atoms with Gasteiger partial charge in [-0.15, -0.1) is 0 Å². The van der Waals surface area contributed by atoms with Gasteiger partial charge in [0.1, 0.15) is 0 Å². The number of nitrogens with one attached hydrogen (secondary N) is 1. The molecule has 3 nitrogen and oxygen atoms in total. The largest absolute Gasteiger partial charge is 0.393 e. The van der Waals surface area contributed by atoms with Crippen LogP contribution in [-0.2, 0) is 4.79 Å². The van der Waals surface area contributed by atoms with Crippen molar-refractivity contribution in [2.45, 2.75) is 71.8 Å². The van der Waals surface area contributed by atoms with E-state index in [0.717, 1.165) is 19.3 Å². The summed E-state index contributed by atoms with van der Waals surface area (Å²) in [6.07, 6.45) is 7.43. The van der Waals surface area contributed by atoms with Crippen molar-refractivity contribution in [1.82, 2.24) is 5.32 Å². The summed E-state index contributed by atoms with van der Waals surface area (Å²) in [7, 11) is 0. The molecule has 1 saturated carbocycles. The lowest BCUT2D eigenvalue weighted by Gasteiger charge is -2.27. The Labute approximate surface area is 111 Å². The van der Waals surface area contributed by atoms with Crippen molar-refractivity contribution in [2.75, 3.05) is 6.54 Å². The first kappa shape index (κ1) is 15.5. The molecule has 1 aliphatic carbocycles. The normalized spacial score (nSPS) is 20.2. The van der Waals surface area contributed by atoms with Gasteiger partial charge in [-0.05, 0) is 31.6 Å². The quantitative estimate of drug-likeness (QED) is 0.742. The molecule has 0 saturated heterocycles. The van der Waals surface area contributed by atoms with Crippen molar-refractivity contribution >= 4 is 5.91 Å². The maximum Gasteiger partial charge on any atom is 0.223 e. The highest BCUT2D eigenvalue weighted by Gasteiger charge is 2.24. The third kappa shape index (κ3) is 5.85. The van der Waals surface area contributed by atoms with E-state index in [1.165, 1.54) is 25.7 Å². The van der Waals surface area contributed by atoms with E-state index in [0.29, 0.717) is 6.54 Å². The lowest BCUT2D eigenvalue weighted by Crippen LogP contribution is -2.38. The van der Waals surface area contributed by atoms with E-state index in [1.807, 2.05) is 0 Å².